The summed E-state index contributed by atoms with van der Waals surface area (Å²) in [6.07, 6.45) is 4.97. The molecule has 1 aliphatic heterocycles. The first-order valence-electron chi connectivity index (χ1n) is 8.73. The summed E-state index contributed by atoms with van der Waals surface area (Å²) in [6.45, 7) is 4.74. The highest BCUT2D eigenvalue weighted by Gasteiger charge is 2.15. The van der Waals surface area contributed by atoms with E-state index < -0.39 is 0 Å². The highest BCUT2D eigenvalue weighted by Crippen LogP contribution is 2.10. The molecule has 26 heavy (non-hydrogen) atoms. The predicted molar refractivity (Wildman–Crippen MR) is 110 cm³/mol. The SMILES string of the molecule is Cc1nnc(CN=C(NCCc2ccco2)NCC2CCCO2)n1C.I. The summed E-state index contributed by atoms with van der Waals surface area (Å²) in [4.78, 5) is 4.63. The van der Waals surface area contributed by atoms with Crippen molar-refractivity contribution in [3.8, 4) is 0 Å². The van der Waals surface area contributed by atoms with Gasteiger partial charge in [-0.25, -0.2) is 4.99 Å². The molecule has 2 aromatic rings. The van der Waals surface area contributed by atoms with Gasteiger partial charge in [0.1, 0.15) is 18.1 Å². The lowest BCUT2D eigenvalue weighted by Crippen LogP contribution is -2.42. The maximum absolute atomic E-state index is 5.67. The van der Waals surface area contributed by atoms with Crippen LogP contribution in [0.25, 0.3) is 0 Å². The standard InChI is InChI=1S/C17H26N6O2.HI/c1-13-21-22-16(23(13)2)12-20-17(19-11-15-6-4-10-25-15)18-8-7-14-5-3-9-24-14;/h3,5,9,15H,4,6-8,10-12H2,1-2H3,(H2,18,19,20);1H. The molecule has 3 heterocycles. The van der Waals surface area contributed by atoms with Gasteiger partial charge in [0.25, 0.3) is 0 Å². The first-order valence-corrected chi connectivity index (χ1v) is 8.73. The number of rotatable bonds is 7. The molecule has 1 fully saturated rings. The summed E-state index contributed by atoms with van der Waals surface area (Å²) in [5.74, 6) is 3.42. The Hall–Kier alpha value is -1.62. The van der Waals surface area contributed by atoms with E-state index in [1.54, 1.807) is 6.26 Å². The fourth-order valence-electron chi connectivity index (χ4n) is 2.69. The normalized spacial score (nSPS) is 17.2. The number of aliphatic imine (C=N–C) groups is 1. The molecule has 0 aromatic carbocycles. The maximum atomic E-state index is 5.67. The summed E-state index contributed by atoms with van der Waals surface area (Å²) in [7, 11) is 1.95. The van der Waals surface area contributed by atoms with E-state index in [2.05, 4.69) is 25.8 Å². The number of nitrogens with one attached hydrogen (secondary N) is 2. The average molecular weight is 474 g/mol. The van der Waals surface area contributed by atoms with Crippen LogP contribution < -0.4 is 10.6 Å². The van der Waals surface area contributed by atoms with Gasteiger partial charge in [0.2, 0.25) is 0 Å². The van der Waals surface area contributed by atoms with Crippen molar-refractivity contribution >= 4 is 29.9 Å². The monoisotopic (exact) mass is 474 g/mol. The molecule has 0 amide bonds. The number of hydrogen-bond acceptors (Lipinski definition) is 5. The molecule has 1 aliphatic rings. The molecule has 1 atom stereocenters. The van der Waals surface area contributed by atoms with Gasteiger partial charge < -0.3 is 24.4 Å². The van der Waals surface area contributed by atoms with Crippen LogP contribution in [0.5, 0.6) is 0 Å². The fourth-order valence-corrected chi connectivity index (χ4v) is 2.69. The summed E-state index contributed by atoms with van der Waals surface area (Å²) >= 11 is 0. The molecule has 0 bridgehead atoms. The second-order valence-corrected chi connectivity index (χ2v) is 6.16. The first-order chi connectivity index (χ1) is 12.2. The molecule has 2 N–H and O–H groups in total. The number of furan rings is 1. The molecule has 0 saturated carbocycles. The Morgan fingerprint density at radius 2 is 2.27 bits per heavy atom. The summed E-state index contributed by atoms with van der Waals surface area (Å²) in [6, 6.07) is 3.87. The largest absolute Gasteiger partial charge is 0.469 e. The molecule has 8 nitrogen and oxygen atoms in total. The molecule has 0 aliphatic carbocycles. The van der Waals surface area contributed by atoms with Crippen molar-refractivity contribution in [3.05, 3.63) is 35.8 Å². The number of hydrogen-bond donors (Lipinski definition) is 2. The Labute approximate surface area is 170 Å². The lowest BCUT2D eigenvalue weighted by molar-refractivity contribution is 0.114. The third-order valence-electron chi connectivity index (χ3n) is 4.33. The van der Waals surface area contributed by atoms with Crippen molar-refractivity contribution in [1.82, 2.24) is 25.4 Å². The van der Waals surface area contributed by atoms with Gasteiger partial charge in [0.15, 0.2) is 11.8 Å². The number of aryl methyl sites for hydroxylation is 1. The topological polar surface area (TPSA) is 89.5 Å². The van der Waals surface area contributed by atoms with Crippen LogP contribution in [0.15, 0.2) is 27.8 Å². The van der Waals surface area contributed by atoms with E-state index in [-0.39, 0.29) is 30.1 Å². The molecular formula is C17H27IN6O2. The van der Waals surface area contributed by atoms with Crippen LogP contribution in [-0.2, 0) is 24.8 Å². The molecule has 0 radical (unpaired) electrons. The van der Waals surface area contributed by atoms with E-state index in [4.69, 9.17) is 9.15 Å². The summed E-state index contributed by atoms with van der Waals surface area (Å²) in [5.41, 5.74) is 0. The number of nitrogens with zero attached hydrogens (tertiary/aromatic N) is 4. The van der Waals surface area contributed by atoms with Crippen molar-refractivity contribution in [3.63, 3.8) is 0 Å². The molecule has 144 valence electrons. The van der Waals surface area contributed by atoms with Gasteiger partial charge in [-0.3, -0.25) is 0 Å². The number of halogens is 1. The smallest absolute Gasteiger partial charge is 0.191 e. The zero-order valence-corrected chi connectivity index (χ0v) is 17.6. The van der Waals surface area contributed by atoms with Crippen molar-refractivity contribution in [2.24, 2.45) is 12.0 Å². The van der Waals surface area contributed by atoms with Gasteiger partial charge in [0, 0.05) is 33.2 Å². The lowest BCUT2D eigenvalue weighted by atomic mass is 10.2. The Balaban J connectivity index is 0.00000243. The van der Waals surface area contributed by atoms with Gasteiger partial charge in [-0.1, -0.05) is 0 Å². The quantitative estimate of drug-likeness (QED) is 0.362. The third-order valence-corrected chi connectivity index (χ3v) is 4.33. The Kier molecular flexibility index (Phi) is 8.36. The van der Waals surface area contributed by atoms with Crippen LogP contribution >= 0.6 is 24.0 Å². The molecule has 1 unspecified atom stereocenters. The van der Waals surface area contributed by atoms with E-state index in [0.29, 0.717) is 6.54 Å². The Morgan fingerprint density at radius 1 is 1.38 bits per heavy atom. The summed E-state index contributed by atoms with van der Waals surface area (Å²) < 4.78 is 13.0. The molecule has 0 spiro atoms. The highest BCUT2D eigenvalue weighted by molar-refractivity contribution is 14.0. The van der Waals surface area contributed by atoms with E-state index >= 15 is 0 Å². The summed E-state index contributed by atoms with van der Waals surface area (Å²) in [5, 5.41) is 14.9. The van der Waals surface area contributed by atoms with Crippen LogP contribution in [0.1, 0.15) is 30.3 Å². The van der Waals surface area contributed by atoms with Crippen LogP contribution in [0.3, 0.4) is 0 Å². The lowest BCUT2D eigenvalue weighted by Gasteiger charge is -2.15. The molecule has 1 saturated heterocycles. The van der Waals surface area contributed by atoms with Crippen molar-refractivity contribution in [2.45, 2.75) is 38.8 Å². The van der Waals surface area contributed by atoms with Gasteiger partial charge in [0.05, 0.1) is 12.4 Å². The minimum atomic E-state index is 0. The highest BCUT2D eigenvalue weighted by atomic mass is 127. The number of guanidine groups is 1. The van der Waals surface area contributed by atoms with E-state index in [1.807, 2.05) is 30.7 Å². The zero-order valence-electron chi connectivity index (χ0n) is 15.3. The number of aromatic nitrogens is 3. The minimum Gasteiger partial charge on any atom is -0.469 e. The van der Waals surface area contributed by atoms with E-state index in [9.17, 15) is 0 Å². The Morgan fingerprint density at radius 3 is 2.92 bits per heavy atom. The molecule has 3 rings (SSSR count). The molecule has 9 heteroatoms. The third kappa shape index (κ3) is 5.97. The molecule has 2 aromatic heterocycles. The van der Waals surface area contributed by atoms with E-state index in [1.165, 1.54) is 0 Å². The Bertz CT molecular complexity index is 679. The molecular weight excluding hydrogens is 447 g/mol. The predicted octanol–water partition coefficient (Wildman–Crippen LogP) is 1.79. The first kappa shape index (κ1) is 20.7. The second-order valence-electron chi connectivity index (χ2n) is 6.16. The van der Waals surface area contributed by atoms with Crippen LogP contribution in [0.2, 0.25) is 0 Å². The fraction of sp³-hybridized carbons (Fsp3) is 0.588. The van der Waals surface area contributed by atoms with Crippen molar-refractivity contribution in [2.75, 3.05) is 19.7 Å². The van der Waals surface area contributed by atoms with E-state index in [0.717, 1.165) is 62.3 Å². The van der Waals surface area contributed by atoms with Crippen molar-refractivity contribution < 1.29 is 9.15 Å². The average Bonchev–Trinajstić information content (AvgIpc) is 3.36. The van der Waals surface area contributed by atoms with Crippen molar-refractivity contribution in [1.29, 1.82) is 0 Å². The van der Waals surface area contributed by atoms with Crippen LogP contribution in [0.4, 0.5) is 0 Å². The van der Waals surface area contributed by atoms with Gasteiger partial charge in [-0.05, 0) is 31.9 Å². The zero-order chi connectivity index (χ0) is 17.5. The van der Waals surface area contributed by atoms with Gasteiger partial charge in [-0.2, -0.15) is 0 Å². The minimum absolute atomic E-state index is 0. The number of ether oxygens (including phenoxy) is 1. The van der Waals surface area contributed by atoms with Gasteiger partial charge in [-0.15, -0.1) is 34.2 Å². The maximum Gasteiger partial charge on any atom is 0.191 e. The van der Waals surface area contributed by atoms with Crippen LogP contribution in [0, 0.1) is 6.92 Å². The van der Waals surface area contributed by atoms with Crippen LogP contribution in [-0.4, -0.2) is 46.5 Å². The van der Waals surface area contributed by atoms with Gasteiger partial charge >= 0.3 is 0 Å². The second kappa shape index (κ2) is 10.5.